The van der Waals surface area contributed by atoms with Gasteiger partial charge in [-0.1, -0.05) is 55.5 Å². The van der Waals surface area contributed by atoms with E-state index in [0.717, 1.165) is 34.9 Å². The number of rotatable bonds is 9. The number of aliphatic hydroxyl groups is 1. The summed E-state index contributed by atoms with van der Waals surface area (Å²) in [6.45, 7) is 3.41. The van der Waals surface area contributed by atoms with Crippen LogP contribution in [0, 0.1) is 0 Å². The van der Waals surface area contributed by atoms with Gasteiger partial charge in [0.25, 0.3) is 0 Å². The molecule has 0 aliphatic heterocycles. The van der Waals surface area contributed by atoms with E-state index in [1.165, 1.54) is 12.8 Å². The molecule has 4 rings (SSSR count). The molecule has 1 aliphatic carbocycles. The number of benzene rings is 2. The minimum Gasteiger partial charge on any atom is -0.439 e. The monoisotopic (exact) mass is 391 g/mol. The van der Waals surface area contributed by atoms with Crippen LogP contribution in [0.1, 0.15) is 31.7 Å². The fourth-order valence-electron chi connectivity index (χ4n) is 3.64. The quantitative estimate of drug-likeness (QED) is 0.578. The van der Waals surface area contributed by atoms with Crippen LogP contribution in [-0.2, 0) is 13.6 Å². The summed E-state index contributed by atoms with van der Waals surface area (Å²) in [5.41, 5.74) is 3.08. The minimum absolute atomic E-state index is 0.314. The Labute approximate surface area is 172 Å². The van der Waals surface area contributed by atoms with Crippen LogP contribution >= 0.6 is 0 Å². The van der Waals surface area contributed by atoms with E-state index < -0.39 is 0 Å². The molecule has 0 unspecified atom stereocenters. The molecule has 3 aromatic rings. The number of nitrogens with zero attached hydrogens (tertiary/aromatic N) is 3. The normalized spacial score (nSPS) is 14.9. The van der Waals surface area contributed by atoms with Gasteiger partial charge in [-0.25, -0.2) is 4.68 Å². The topological polar surface area (TPSA) is 50.5 Å². The van der Waals surface area contributed by atoms with Crippen molar-refractivity contribution in [2.24, 2.45) is 7.05 Å². The standard InChI is InChI=1S/C24H29N3O2/c1-3-20(28)16-27(19-14-15-19)17-22-23(18-10-6-4-7-11-18)25-26(2)24(22)29-21-12-8-5-9-13-21/h4-13,19-20,28H,3,14-17H2,1-2H3/t20-/m1/s1. The average Bonchev–Trinajstić information content (AvgIpc) is 3.56. The number of aryl methyl sites for hydroxylation is 1. The van der Waals surface area contributed by atoms with E-state index in [4.69, 9.17) is 9.84 Å². The van der Waals surface area contributed by atoms with Crippen LogP contribution in [0.4, 0.5) is 0 Å². The van der Waals surface area contributed by atoms with E-state index in [9.17, 15) is 5.11 Å². The summed E-state index contributed by atoms with van der Waals surface area (Å²) in [5, 5.41) is 15.1. The first-order valence-electron chi connectivity index (χ1n) is 10.4. The van der Waals surface area contributed by atoms with Crippen molar-refractivity contribution in [1.29, 1.82) is 0 Å². The predicted molar refractivity (Wildman–Crippen MR) is 115 cm³/mol. The van der Waals surface area contributed by atoms with Crippen LogP contribution in [-0.4, -0.2) is 38.5 Å². The lowest BCUT2D eigenvalue weighted by Gasteiger charge is -2.25. The number of hydrogen-bond acceptors (Lipinski definition) is 4. The summed E-state index contributed by atoms with van der Waals surface area (Å²) in [6, 6.07) is 20.6. The maximum absolute atomic E-state index is 10.3. The first kappa shape index (κ1) is 19.7. The molecule has 0 amide bonds. The Kier molecular flexibility index (Phi) is 5.97. The van der Waals surface area contributed by atoms with Gasteiger partial charge in [0.15, 0.2) is 0 Å². The summed E-state index contributed by atoms with van der Waals surface area (Å²) in [4.78, 5) is 2.38. The summed E-state index contributed by atoms with van der Waals surface area (Å²) < 4.78 is 8.11. The molecule has 29 heavy (non-hydrogen) atoms. The Balaban J connectivity index is 1.72. The first-order chi connectivity index (χ1) is 14.2. The molecule has 0 saturated heterocycles. The van der Waals surface area contributed by atoms with Gasteiger partial charge in [0.05, 0.1) is 11.7 Å². The van der Waals surface area contributed by atoms with E-state index in [0.29, 0.717) is 19.1 Å². The zero-order chi connectivity index (χ0) is 20.2. The van der Waals surface area contributed by atoms with Crippen molar-refractivity contribution in [3.05, 3.63) is 66.2 Å². The van der Waals surface area contributed by atoms with Crippen molar-refractivity contribution < 1.29 is 9.84 Å². The predicted octanol–water partition coefficient (Wildman–Crippen LogP) is 4.61. The fraction of sp³-hybridized carbons (Fsp3) is 0.375. The fourth-order valence-corrected chi connectivity index (χ4v) is 3.64. The van der Waals surface area contributed by atoms with Gasteiger partial charge in [-0.2, -0.15) is 5.10 Å². The van der Waals surface area contributed by atoms with Crippen molar-refractivity contribution >= 4 is 0 Å². The Hall–Kier alpha value is -2.63. The second kappa shape index (κ2) is 8.80. The van der Waals surface area contributed by atoms with Crippen LogP contribution in [0.25, 0.3) is 11.3 Å². The molecule has 1 atom stereocenters. The molecule has 1 saturated carbocycles. The van der Waals surface area contributed by atoms with Crippen molar-refractivity contribution in [2.75, 3.05) is 6.54 Å². The molecule has 5 nitrogen and oxygen atoms in total. The van der Waals surface area contributed by atoms with Crippen LogP contribution < -0.4 is 4.74 Å². The van der Waals surface area contributed by atoms with Gasteiger partial charge in [-0.3, -0.25) is 4.90 Å². The largest absolute Gasteiger partial charge is 0.439 e. The summed E-state index contributed by atoms with van der Waals surface area (Å²) in [6.07, 6.45) is 2.82. The number of aliphatic hydroxyl groups excluding tert-OH is 1. The molecule has 1 N–H and O–H groups in total. The van der Waals surface area contributed by atoms with Gasteiger partial charge in [0.2, 0.25) is 5.88 Å². The zero-order valence-corrected chi connectivity index (χ0v) is 17.2. The highest BCUT2D eigenvalue weighted by Crippen LogP contribution is 2.37. The maximum atomic E-state index is 10.3. The molecule has 1 aliphatic rings. The summed E-state index contributed by atoms with van der Waals surface area (Å²) >= 11 is 0. The lowest BCUT2D eigenvalue weighted by Crippen LogP contribution is -2.33. The Bertz CT molecular complexity index is 920. The van der Waals surface area contributed by atoms with Crippen molar-refractivity contribution in [2.45, 2.75) is 44.9 Å². The molecule has 0 spiro atoms. The van der Waals surface area contributed by atoms with Crippen molar-refractivity contribution in [1.82, 2.24) is 14.7 Å². The Morgan fingerprint density at radius 1 is 1.10 bits per heavy atom. The third-order valence-electron chi connectivity index (χ3n) is 5.43. The molecule has 0 bridgehead atoms. The smallest absolute Gasteiger partial charge is 0.222 e. The molecule has 5 heteroatoms. The molecule has 0 radical (unpaired) electrons. The van der Waals surface area contributed by atoms with Gasteiger partial charge in [0.1, 0.15) is 11.4 Å². The van der Waals surface area contributed by atoms with Gasteiger partial charge in [-0.05, 0) is 31.4 Å². The molecular formula is C24H29N3O2. The molecule has 152 valence electrons. The number of hydrogen-bond donors (Lipinski definition) is 1. The van der Waals surface area contributed by atoms with Crippen LogP contribution in [0.5, 0.6) is 11.6 Å². The summed E-state index contributed by atoms with van der Waals surface area (Å²) in [7, 11) is 1.93. The zero-order valence-electron chi connectivity index (χ0n) is 17.2. The van der Waals surface area contributed by atoms with E-state index in [-0.39, 0.29) is 6.10 Å². The molecule has 1 fully saturated rings. The average molecular weight is 392 g/mol. The lowest BCUT2D eigenvalue weighted by atomic mass is 10.1. The van der Waals surface area contributed by atoms with Gasteiger partial charge >= 0.3 is 0 Å². The van der Waals surface area contributed by atoms with Crippen LogP contribution in [0.2, 0.25) is 0 Å². The lowest BCUT2D eigenvalue weighted by molar-refractivity contribution is 0.101. The van der Waals surface area contributed by atoms with Crippen LogP contribution in [0.3, 0.4) is 0 Å². The molecule has 1 heterocycles. The SMILES string of the molecule is CC[C@@H](O)CN(Cc1c(-c2ccccc2)nn(C)c1Oc1ccccc1)C1CC1. The van der Waals surface area contributed by atoms with Crippen molar-refractivity contribution in [3.8, 4) is 22.9 Å². The number of aromatic nitrogens is 2. The third-order valence-corrected chi connectivity index (χ3v) is 5.43. The highest BCUT2D eigenvalue weighted by Gasteiger charge is 2.32. The van der Waals surface area contributed by atoms with E-state index in [1.54, 1.807) is 0 Å². The van der Waals surface area contributed by atoms with E-state index in [2.05, 4.69) is 17.0 Å². The number of para-hydroxylation sites is 1. The third kappa shape index (κ3) is 4.69. The highest BCUT2D eigenvalue weighted by molar-refractivity contribution is 5.65. The second-order valence-electron chi connectivity index (χ2n) is 7.76. The van der Waals surface area contributed by atoms with Crippen molar-refractivity contribution in [3.63, 3.8) is 0 Å². The van der Waals surface area contributed by atoms with Gasteiger partial charge < -0.3 is 9.84 Å². The Morgan fingerprint density at radius 3 is 2.38 bits per heavy atom. The minimum atomic E-state index is -0.314. The van der Waals surface area contributed by atoms with Crippen LogP contribution in [0.15, 0.2) is 60.7 Å². The van der Waals surface area contributed by atoms with Gasteiger partial charge in [-0.15, -0.1) is 0 Å². The Morgan fingerprint density at radius 2 is 1.76 bits per heavy atom. The van der Waals surface area contributed by atoms with E-state index in [1.807, 2.05) is 67.2 Å². The molecular weight excluding hydrogens is 362 g/mol. The first-order valence-corrected chi connectivity index (χ1v) is 10.4. The maximum Gasteiger partial charge on any atom is 0.222 e. The molecule has 2 aromatic carbocycles. The second-order valence-corrected chi connectivity index (χ2v) is 7.76. The molecule has 1 aromatic heterocycles. The highest BCUT2D eigenvalue weighted by atomic mass is 16.5. The van der Waals surface area contributed by atoms with E-state index >= 15 is 0 Å². The summed E-state index contributed by atoms with van der Waals surface area (Å²) in [5.74, 6) is 1.55. The van der Waals surface area contributed by atoms with Gasteiger partial charge in [0, 0.05) is 31.7 Å². The number of ether oxygens (including phenoxy) is 1.